The van der Waals surface area contributed by atoms with Gasteiger partial charge in [0.25, 0.3) is 5.91 Å². The van der Waals surface area contributed by atoms with Crippen LogP contribution in [-0.2, 0) is 0 Å². The Morgan fingerprint density at radius 2 is 2.12 bits per heavy atom. The van der Waals surface area contributed by atoms with E-state index in [0.29, 0.717) is 11.4 Å². The number of nitrogens with one attached hydrogen (secondary N) is 1. The SMILES string of the molecule is Cc1cn(NC(=O)c2cnc(C3=NCCS3)nc2)c2ccc(F)cc12. The number of amides is 1. The number of aromatic nitrogens is 3. The molecule has 0 bridgehead atoms. The van der Waals surface area contributed by atoms with Gasteiger partial charge in [-0.05, 0) is 30.7 Å². The molecule has 1 N–H and O–H groups in total. The van der Waals surface area contributed by atoms with Crippen LogP contribution in [0.1, 0.15) is 21.7 Å². The maximum Gasteiger partial charge on any atom is 0.273 e. The van der Waals surface area contributed by atoms with Gasteiger partial charge in [-0.15, -0.1) is 11.8 Å². The van der Waals surface area contributed by atoms with E-state index in [0.717, 1.165) is 33.8 Å². The molecule has 1 aliphatic rings. The van der Waals surface area contributed by atoms with Gasteiger partial charge in [0, 0.05) is 36.3 Å². The van der Waals surface area contributed by atoms with E-state index in [1.54, 1.807) is 28.7 Å². The standard InChI is InChI=1S/C17H14FN5OS/c1-10-9-23(14-3-2-12(18)6-13(10)14)22-16(24)11-7-20-15(21-8-11)17-19-4-5-25-17/h2-3,6-9H,4-5H2,1H3,(H,22,24). The van der Waals surface area contributed by atoms with Gasteiger partial charge in [-0.25, -0.2) is 14.4 Å². The number of aryl methyl sites for hydroxylation is 1. The monoisotopic (exact) mass is 355 g/mol. The summed E-state index contributed by atoms with van der Waals surface area (Å²) in [6, 6.07) is 4.44. The molecule has 0 saturated carbocycles. The molecule has 3 aromatic rings. The number of fused-ring (bicyclic) bond motifs is 1. The molecule has 2 aromatic heterocycles. The predicted molar refractivity (Wildman–Crippen MR) is 96.2 cm³/mol. The number of hydrogen-bond donors (Lipinski definition) is 1. The summed E-state index contributed by atoms with van der Waals surface area (Å²) in [6.45, 7) is 2.63. The van der Waals surface area contributed by atoms with Crippen LogP contribution in [0.15, 0.2) is 41.8 Å². The fourth-order valence-electron chi connectivity index (χ4n) is 2.66. The lowest BCUT2D eigenvalue weighted by Gasteiger charge is -2.08. The third-order valence-corrected chi connectivity index (χ3v) is 4.85. The highest BCUT2D eigenvalue weighted by atomic mass is 32.2. The van der Waals surface area contributed by atoms with Gasteiger partial charge in [-0.2, -0.15) is 0 Å². The fraction of sp³-hybridized carbons (Fsp3) is 0.176. The molecule has 0 unspecified atom stereocenters. The highest BCUT2D eigenvalue weighted by molar-refractivity contribution is 8.14. The zero-order chi connectivity index (χ0) is 17.4. The number of carbonyl (C=O) groups is 1. The average Bonchev–Trinajstić information content (AvgIpc) is 3.24. The molecular weight excluding hydrogens is 341 g/mol. The van der Waals surface area contributed by atoms with Crippen molar-refractivity contribution in [3.63, 3.8) is 0 Å². The molecule has 0 saturated heterocycles. The largest absolute Gasteiger partial charge is 0.274 e. The van der Waals surface area contributed by atoms with Crippen molar-refractivity contribution in [3.05, 3.63) is 59.6 Å². The summed E-state index contributed by atoms with van der Waals surface area (Å²) in [7, 11) is 0. The van der Waals surface area contributed by atoms with Crippen LogP contribution in [0.5, 0.6) is 0 Å². The Kier molecular flexibility index (Phi) is 3.96. The topological polar surface area (TPSA) is 72.2 Å². The Bertz CT molecular complexity index is 996. The first-order valence-electron chi connectivity index (χ1n) is 7.70. The van der Waals surface area contributed by atoms with Crippen molar-refractivity contribution in [2.24, 2.45) is 4.99 Å². The van der Waals surface area contributed by atoms with E-state index in [2.05, 4.69) is 20.4 Å². The fourth-order valence-corrected chi connectivity index (χ4v) is 3.45. The third-order valence-electron chi connectivity index (χ3n) is 3.88. The van der Waals surface area contributed by atoms with Gasteiger partial charge in [-0.3, -0.25) is 19.9 Å². The van der Waals surface area contributed by atoms with Gasteiger partial charge < -0.3 is 0 Å². The lowest BCUT2D eigenvalue weighted by molar-refractivity contribution is 0.101. The van der Waals surface area contributed by atoms with Gasteiger partial charge in [-0.1, -0.05) is 0 Å². The van der Waals surface area contributed by atoms with Crippen molar-refractivity contribution < 1.29 is 9.18 Å². The number of carbonyl (C=O) groups excluding carboxylic acids is 1. The lowest BCUT2D eigenvalue weighted by atomic mass is 10.2. The molecule has 25 heavy (non-hydrogen) atoms. The summed E-state index contributed by atoms with van der Waals surface area (Å²) in [5, 5.41) is 1.56. The number of hydrogen-bond acceptors (Lipinski definition) is 5. The maximum absolute atomic E-state index is 13.4. The number of rotatable bonds is 3. The Balaban J connectivity index is 1.58. The molecule has 3 heterocycles. The van der Waals surface area contributed by atoms with Crippen LogP contribution in [0.25, 0.3) is 10.9 Å². The molecular formula is C17H14FN5OS. The lowest BCUT2D eigenvalue weighted by Crippen LogP contribution is -2.22. The molecule has 0 fully saturated rings. The van der Waals surface area contributed by atoms with Crippen molar-refractivity contribution in [1.29, 1.82) is 0 Å². The van der Waals surface area contributed by atoms with Crippen molar-refractivity contribution in [2.75, 3.05) is 17.7 Å². The van der Waals surface area contributed by atoms with E-state index in [4.69, 9.17) is 0 Å². The van der Waals surface area contributed by atoms with E-state index in [-0.39, 0.29) is 11.7 Å². The minimum absolute atomic E-state index is 0.309. The summed E-state index contributed by atoms with van der Waals surface area (Å²) in [6.07, 6.45) is 4.72. The normalized spacial score (nSPS) is 13.9. The molecule has 1 aromatic carbocycles. The Morgan fingerprint density at radius 1 is 1.32 bits per heavy atom. The van der Waals surface area contributed by atoms with Crippen molar-refractivity contribution in [2.45, 2.75) is 6.92 Å². The molecule has 8 heteroatoms. The molecule has 1 aliphatic heterocycles. The number of nitrogens with zero attached hydrogens (tertiary/aromatic N) is 4. The number of benzene rings is 1. The third kappa shape index (κ3) is 3.00. The quantitative estimate of drug-likeness (QED) is 0.784. The predicted octanol–water partition coefficient (Wildman–Crippen LogP) is 2.76. The molecule has 0 aliphatic carbocycles. The minimum Gasteiger partial charge on any atom is -0.274 e. The summed E-state index contributed by atoms with van der Waals surface area (Å²) < 4.78 is 15.0. The van der Waals surface area contributed by atoms with E-state index in [9.17, 15) is 9.18 Å². The van der Waals surface area contributed by atoms with Crippen LogP contribution < -0.4 is 5.43 Å². The van der Waals surface area contributed by atoms with Crippen LogP contribution in [0.2, 0.25) is 0 Å². The number of halogens is 1. The van der Waals surface area contributed by atoms with Gasteiger partial charge in [0.2, 0.25) is 0 Å². The summed E-state index contributed by atoms with van der Waals surface area (Å²) >= 11 is 1.61. The zero-order valence-electron chi connectivity index (χ0n) is 13.4. The first-order chi connectivity index (χ1) is 12.1. The van der Waals surface area contributed by atoms with E-state index < -0.39 is 0 Å². The molecule has 126 valence electrons. The minimum atomic E-state index is -0.339. The Morgan fingerprint density at radius 3 is 2.84 bits per heavy atom. The van der Waals surface area contributed by atoms with Crippen LogP contribution in [0, 0.1) is 12.7 Å². The molecule has 0 radical (unpaired) electrons. The second kappa shape index (κ2) is 6.29. The van der Waals surface area contributed by atoms with Crippen molar-refractivity contribution in [3.8, 4) is 0 Å². The van der Waals surface area contributed by atoms with E-state index >= 15 is 0 Å². The first kappa shape index (κ1) is 15.8. The maximum atomic E-state index is 13.4. The molecule has 0 spiro atoms. The number of aliphatic imine (C=N–C) groups is 1. The summed E-state index contributed by atoms with van der Waals surface area (Å²) in [4.78, 5) is 25.2. The second-order valence-electron chi connectivity index (χ2n) is 5.62. The number of thioether (sulfide) groups is 1. The van der Waals surface area contributed by atoms with E-state index in [1.165, 1.54) is 24.5 Å². The Labute approximate surface area is 147 Å². The molecule has 0 atom stereocenters. The van der Waals surface area contributed by atoms with Gasteiger partial charge in [0.05, 0.1) is 11.1 Å². The zero-order valence-corrected chi connectivity index (χ0v) is 14.2. The van der Waals surface area contributed by atoms with Gasteiger partial charge >= 0.3 is 0 Å². The van der Waals surface area contributed by atoms with Crippen molar-refractivity contribution >= 4 is 33.6 Å². The van der Waals surface area contributed by atoms with Crippen LogP contribution >= 0.6 is 11.8 Å². The van der Waals surface area contributed by atoms with Crippen LogP contribution in [-0.4, -0.2) is 37.9 Å². The van der Waals surface area contributed by atoms with E-state index in [1.807, 2.05) is 6.92 Å². The van der Waals surface area contributed by atoms with Gasteiger partial charge in [0.1, 0.15) is 10.9 Å². The second-order valence-corrected chi connectivity index (χ2v) is 6.70. The summed E-state index contributed by atoms with van der Waals surface area (Å²) in [5.41, 5.74) is 4.71. The molecule has 1 amide bonds. The smallest absolute Gasteiger partial charge is 0.273 e. The van der Waals surface area contributed by atoms with Crippen LogP contribution in [0.4, 0.5) is 4.39 Å². The molecule has 4 rings (SSSR count). The summed E-state index contributed by atoms with van der Waals surface area (Å²) in [5.74, 6) is 0.823. The highest BCUT2D eigenvalue weighted by Crippen LogP contribution is 2.21. The highest BCUT2D eigenvalue weighted by Gasteiger charge is 2.15. The molecule has 6 nitrogen and oxygen atoms in total. The average molecular weight is 355 g/mol. The first-order valence-corrected chi connectivity index (χ1v) is 8.68. The Hall–Kier alpha value is -2.74. The van der Waals surface area contributed by atoms with Gasteiger partial charge in [0.15, 0.2) is 5.82 Å². The van der Waals surface area contributed by atoms with Crippen LogP contribution in [0.3, 0.4) is 0 Å². The van der Waals surface area contributed by atoms with Crippen molar-refractivity contribution in [1.82, 2.24) is 14.6 Å².